The average Bonchev–Trinajstić information content (AvgIpc) is 2.57. The summed E-state index contributed by atoms with van der Waals surface area (Å²) >= 11 is 6.41. The molecule has 0 saturated heterocycles. The van der Waals surface area contributed by atoms with E-state index in [0.717, 1.165) is 18.5 Å². The molecule has 0 radical (unpaired) electrons. The predicted octanol–water partition coefficient (Wildman–Crippen LogP) is 4.70. The minimum atomic E-state index is -0.298. The van der Waals surface area contributed by atoms with Gasteiger partial charge in [0.05, 0.1) is 6.61 Å². The Hall–Kier alpha value is -1.46. The van der Waals surface area contributed by atoms with Gasteiger partial charge in [0.25, 0.3) is 5.91 Å². The molecule has 0 aliphatic carbocycles. The Morgan fingerprint density at radius 3 is 2.41 bits per heavy atom. The molecule has 0 heterocycles. The van der Waals surface area contributed by atoms with E-state index in [-0.39, 0.29) is 18.1 Å². The molecule has 0 saturated carbocycles. The van der Waals surface area contributed by atoms with E-state index in [4.69, 9.17) is 21.1 Å². The third-order valence-electron chi connectivity index (χ3n) is 3.81. The Morgan fingerprint density at radius 1 is 1.07 bits per heavy atom. The van der Waals surface area contributed by atoms with Crippen LogP contribution < -0.4 is 20.1 Å². The largest absolute Gasteiger partial charge is 0.490 e. The number of halogens is 1. The first-order valence-electron chi connectivity index (χ1n) is 9.86. The number of unbranched alkanes of at least 4 members (excludes halogenated alkanes) is 3. The lowest BCUT2D eigenvalue weighted by atomic mass is 10.1. The van der Waals surface area contributed by atoms with E-state index in [9.17, 15) is 4.79 Å². The van der Waals surface area contributed by atoms with E-state index >= 15 is 0 Å². The number of carbonyl (C=O) groups is 1. The molecule has 0 aliphatic rings. The predicted molar refractivity (Wildman–Crippen MR) is 112 cm³/mol. The summed E-state index contributed by atoms with van der Waals surface area (Å²) in [6.45, 7) is 12.0. The maximum absolute atomic E-state index is 12.0. The van der Waals surface area contributed by atoms with Crippen LogP contribution >= 0.6 is 11.6 Å². The molecule has 1 rings (SSSR count). The van der Waals surface area contributed by atoms with Crippen LogP contribution in [-0.2, 0) is 11.3 Å². The first-order valence-corrected chi connectivity index (χ1v) is 10.2. The molecule has 1 amide bonds. The molecule has 0 aliphatic heterocycles. The maximum Gasteiger partial charge on any atom is 0.258 e. The summed E-state index contributed by atoms with van der Waals surface area (Å²) in [5.41, 5.74) is 0.662. The Kier molecular flexibility index (Phi) is 10.6. The number of ether oxygens (including phenoxy) is 2. The fourth-order valence-electron chi connectivity index (χ4n) is 2.59. The minimum Gasteiger partial charge on any atom is -0.490 e. The van der Waals surface area contributed by atoms with Gasteiger partial charge in [-0.2, -0.15) is 0 Å². The van der Waals surface area contributed by atoms with Crippen molar-refractivity contribution in [2.24, 2.45) is 0 Å². The van der Waals surface area contributed by atoms with Crippen LogP contribution in [0.1, 0.15) is 65.9 Å². The molecule has 154 valence electrons. The lowest BCUT2D eigenvalue weighted by molar-refractivity contribution is -0.124. The molecule has 5 nitrogen and oxygen atoms in total. The van der Waals surface area contributed by atoms with Crippen LogP contribution in [0, 0.1) is 0 Å². The van der Waals surface area contributed by atoms with Crippen LogP contribution in [0.25, 0.3) is 0 Å². The second-order valence-corrected chi connectivity index (χ2v) is 8.05. The van der Waals surface area contributed by atoms with Crippen molar-refractivity contribution >= 4 is 17.5 Å². The zero-order valence-electron chi connectivity index (χ0n) is 17.4. The summed E-state index contributed by atoms with van der Waals surface area (Å²) in [4.78, 5) is 12.0. The number of benzene rings is 1. The van der Waals surface area contributed by atoms with Crippen LogP contribution in [0.2, 0.25) is 5.02 Å². The van der Waals surface area contributed by atoms with Gasteiger partial charge in [0, 0.05) is 23.2 Å². The summed E-state index contributed by atoms with van der Waals surface area (Å²) < 4.78 is 11.3. The molecule has 0 unspecified atom stereocenters. The van der Waals surface area contributed by atoms with E-state index in [0.29, 0.717) is 29.7 Å². The molecule has 0 aromatic heterocycles. The van der Waals surface area contributed by atoms with Gasteiger partial charge in [0.1, 0.15) is 0 Å². The number of carbonyl (C=O) groups excluding carboxylic acids is 1. The third kappa shape index (κ3) is 9.87. The molecule has 6 heteroatoms. The fourth-order valence-corrected chi connectivity index (χ4v) is 2.81. The fraction of sp³-hybridized carbons (Fsp3) is 0.667. The summed E-state index contributed by atoms with van der Waals surface area (Å²) in [6, 6.07) is 3.62. The van der Waals surface area contributed by atoms with Crippen LogP contribution in [-0.4, -0.2) is 31.2 Å². The molecule has 1 aromatic carbocycles. The zero-order valence-corrected chi connectivity index (χ0v) is 18.2. The highest BCUT2D eigenvalue weighted by Crippen LogP contribution is 2.33. The van der Waals surface area contributed by atoms with E-state index in [1.165, 1.54) is 19.3 Å². The average molecular weight is 399 g/mol. The lowest BCUT2D eigenvalue weighted by Gasteiger charge is -2.21. The van der Waals surface area contributed by atoms with Gasteiger partial charge in [-0.25, -0.2) is 0 Å². The Bertz CT molecular complexity index is 586. The SMILES string of the molecule is CCCCCCNCc1cc(OCC)c(OCC(=O)NC(C)(C)C)cc1Cl. The van der Waals surface area contributed by atoms with Gasteiger partial charge in [-0.05, 0) is 52.3 Å². The van der Waals surface area contributed by atoms with Crippen molar-refractivity contribution in [2.75, 3.05) is 19.8 Å². The van der Waals surface area contributed by atoms with Gasteiger partial charge in [-0.1, -0.05) is 37.8 Å². The van der Waals surface area contributed by atoms with Crippen molar-refractivity contribution in [1.29, 1.82) is 0 Å². The van der Waals surface area contributed by atoms with E-state index in [2.05, 4.69) is 17.6 Å². The van der Waals surface area contributed by atoms with Gasteiger partial charge in [0.15, 0.2) is 18.1 Å². The second-order valence-electron chi connectivity index (χ2n) is 7.65. The summed E-state index contributed by atoms with van der Waals surface area (Å²) in [5.74, 6) is 0.907. The Balaban J connectivity index is 2.68. The van der Waals surface area contributed by atoms with Crippen LogP contribution in [0.3, 0.4) is 0 Å². The topological polar surface area (TPSA) is 59.6 Å². The number of rotatable bonds is 12. The van der Waals surface area contributed by atoms with Crippen molar-refractivity contribution in [3.63, 3.8) is 0 Å². The molecule has 2 N–H and O–H groups in total. The number of amides is 1. The number of nitrogens with one attached hydrogen (secondary N) is 2. The molecule has 0 fully saturated rings. The third-order valence-corrected chi connectivity index (χ3v) is 4.16. The van der Waals surface area contributed by atoms with Crippen molar-refractivity contribution in [1.82, 2.24) is 10.6 Å². The summed E-state index contributed by atoms with van der Waals surface area (Å²) in [7, 11) is 0. The summed E-state index contributed by atoms with van der Waals surface area (Å²) in [6.07, 6.45) is 4.91. The van der Waals surface area contributed by atoms with E-state index in [1.807, 2.05) is 33.8 Å². The van der Waals surface area contributed by atoms with Crippen molar-refractivity contribution in [2.45, 2.75) is 72.4 Å². The smallest absolute Gasteiger partial charge is 0.258 e. The molecule has 1 aromatic rings. The van der Waals surface area contributed by atoms with Gasteiger partial charge < -0.3 is 20.1 Å². The molecule has 0 bridgehead atoms. The van der Waals surface area contributed by atoms with Gasteiger partial charge in [-0.15, -0.1) is 0 Å². The highest BCUT2D eigenvalue weighted by molar-refractivity contribution is 6.31. The maximum atomic E-state index is 12.0. The first kappa shape index (κ1) is 23.6. The van der Waals surface area contributed by atoms with E-state index in [1.54, 1.807) is 6.07 Å². The van der Waals surface area contributed by atoms with Gasteiger partial charge in [0.2, 0.25) is 0 Å². The van der Waals surface area contributed by atoms with Crippen molar-refractivity contribution in [3.8, 4) is 11.5 Å². The van der Waals surface area contributed by atoms with Crippen molar-refractivity contribution < 1.29 is 14.3 Å². The highest BCUT2D eigenvalue weighted by atomic mass is 35.5. The van der Waals surface area contributed by atoms with Gasteiger partial charge >= 0.3 is 0 Å². The molecule has 0 spiro atoms. The molecular formula is C21H35ClN2O3. The lowest BCUT2D eigenvalue weighted by Crippen LogP contribution is -2.43. The number of hydrogen-bond acceptors (Lipinski definition) is 4. The monoisotopic (exact) mass is 398 g/mol. The Morgan fingerprint density at radius 2 is 1.78 bits per heavy atom. The molecular weight excluding hydrogens is 364 g/mol. The standard InChI is InChI=1S/C21H35ClN2O3/c1-6-8-9-10-11-23-14-16-12-18(26-7-2)19(13-17(16)22)27-15-20(25)24-21(3,4)5/h12-13,23H,6-11,14-15H2,1-5H3,(H,24,25). The second kappa shape index (κ2) is 12.1. The zero-order chi connectivity index (χ0) is 20.3. The van der Waals surface area contributed by atoms with Crippen LogP contribution in [0.4, 0.5) is 0 Å². The van der Waals surface area contributed by atoms with Crippen LogP contribution in [0.15, 0.2) is 12.1 Å². The molecule has 0 atom stereocenters. The Labute approximate surface area is 169 Å². The molecule has 27 heavy (non-hydrogen) atoms. The summed E-state index contributed by atoms with van der Waals surface area (Å²) in [5, 5.41) is 6.89. The first-order chi connectivity index (χ1) is 12.8. The van der Waals surface area contributed by atoms with E-state index < -0.39 is 0 Å². The van der Waals surface area contributed by atoms with Crippen molar-refractivity contribution in [3.05, 3.63) is 22.7 Å². The van der Waals surface area contributed by atoms with Gasteiger partial charge in [-0.3, -0.25) is 4.79 Å². The van der Waals surface area contributed by atoms with Crippen LogP contribution in [0.5, 0.6) is 11.5 Å². The number of hydrogen-bond donors (Lipinski definition) is 2. The minimum absolute atomic E-state index is 0.0807. The highest BCUT2D eigenvalue weighted by Gasteiger charge is 2.16. The quantitative estimate of drug-likeness (QED) is 0.501. The normalized spacial score (nSPS) is 11.3.